The number of ketones is 1. The van der Waals surface area contributed by atoms with Crippen LogP contribution in [0.25, 0.3) is 0 Å². The van der Waals surface area contributed by atoms with Gasteiger partial charge in [0.25, 0.3) is 0 Å². The fourth-order valence-corrected chi connectivity index (χ4v) is 1.18. The summed E-state index contributed by atoms with van der Waals surface area (Å²) >= 11 is 5.32. The van der Waals surface area contributed by atoms with Gasteiger partial charge < -0.3 is 9.47 Å². The molecule has 1 aromatic carbocycles. The summed E-state index contributed by atoms with van der Waals surface area (Å²) in [5.74, 6) is -0.399. The summed E-state index contributed by atoms with van der Waals surface area (Å²) in [6.45, 7) is 1.43. The number of hydrogen-bond donors (Lipinski definition) is 0. The van der Waals surface area contributed by atoms with Gasteiger partial charge in [0.05, 0.1) is 7.11 Å². The number of halogens is 1. The summed E-state index contributed by atoms with van der Waals surface area (Å²) in [5, 5.41) is 0. The minimum atomic E-state index is -0.597. The van der Waals surface area contributed by atoms with Crippen molar-refractivity contribution in [1.29, 1.82) is 0 Å². The number of rotatable bonds is 4. The van der Waals surface area contributed by atoms with Gasteiger partial charge in [-0.2, -0.15) is 0 Å². The number of ether oxygens (including phenoxy) is 2. The molecule has 0 amide bonds. The molecule has 0 fully saturated rings. The van der Waals surface area contributed by atoms with Crippen molar-refractivity contribution in [2.75, 3.05) is 13.0 Å². The van der Waals surface area contributed by atoms with Gasteiger partial charge >= 0.3 is 5.97 Å². The van der Waals surface area contributed by atoms with E-state index in [1.54, 1.807) is 12.1 Å². The van der Waals surface area contributed by atoms with E-state index in [0.717, 1.165) is 0 Å². The van der Waals surface area contributed by atoms with Gasteiger partial charge in [-0.05, 0) is 25.1 Å². The molecule has 4 nitrogen and oxygen atoms in total. The quantitative estimate of drug-likeness (QED) is 0.351. The lowest BCUT2D eigenvalue weighted by Crippen LogP contribution is -2.10. The van der Waals surface area contributed by atoms with Crippen molar-refractivity contribution >= 4 is 23.4 Å². The summed E-state index contributed by atoms with van der Waals surface area (Å²) < 4.78 is 9.92. The zero-order valence-electron chi connectivity index (χ0n) is 8.95. The van der Waals surface area contributed by atoms with Crippen molar-refractivity contribution < 1.29 is 19.1 Å². The summed E-state index contributed by atoms with van der Waals surface area (Å²) in [5.41, 5.74) is 0.443. The molecule has 0 saturated heterocycles. The first-order valence-corrected chi connectivity index (χ1v) is 5.07. The van der Waals surface area contributed by atoms with E-state index < -0.39 is 5.97 Å². The third-order valence-corrected chi connectivity index (χ3v) is 2.12. The molecule has 1 aromatic rings. The lowest BCUT2D eigenvalue weighted by Gasteiger charge is -2.09. The molecule has 1 rings (SSSR count). The molecule has 0 atom stereocenters. The Balaban J connectivity index is 3.06. The molecule has 0 saturated carbocycles. The van der Waals surface area contributed by atoms with Crippen molar-refractivity contribution in [2.24, 2.45) is 0 Å². The molecule has 0 aromatic heterocycles. The number of methoxy groups -OCH3 is 1. The highest BCUT2D eigenvalue weighted by Crippen LogP contribution is 2.28. The molecule has 0 radical (unpaired) electrons. The molecule has 16 heavy (non-hydrogen) atoms. The van der Waals surface area contributed by atoms with E-state index in [9.17, 15) is 9.59 Å². The average Bonchev–Trinajstić information content (AvgIpc) is 2.28. The summed E-state index contributed by atoms with van der Waals surface area (Å²) in [6.07, 6.45) is 0. The Hall–Kier alpha value is -1.55. The number of benzene rings is 1. The number of hydrogen-bond acceptors (Lipinski definition) is 4. The second kappa shape index (κ2) is 5.51. The molecule has 0 bridgehead atoms. The Morgan fingerprint density at radius 2 is 2.00 bits per heavy atom. The monoisotopic (exact) mass is 242 g/mol. The Morgan fingerprint density at radius 3 is 2.50 bits per heavy atom. The van der Waals surface area contributed by atoms with Crippen LogP contribution in [0.2, 0.25) is 0 Å². The van der Waals surface area contributed by atoms with Crippen LogP contribution in [-0.2, 0) is 4.79 Å². The minimum Gasteiger partial charge on any atom is -0.493 e. The predicted molar refractivity (Wildman–Crippen MR) is 59.4 cm³/mol. The Morgan fingerprint density at radius 1 is 1.31 bits per heavy atom. The lowest BCUT2D eigenvalue weighted by atomic mass is 10.1. The van der Waals surface area contributed by atoms with Crippen molar-refractivity contribution in [2.45, 2.75) is 6.92 Å². The van der Waals surface area contributed by atoms with E-state index in [-0.39, 0.29) is 17.4 Å². The van der Waals surface area contributed by atoms with E-state index in [4.69, 9.17) is 21.1 Å². The van der Waals surface area contributed by atoms with E-state index in [1.165, 1.54) is 20.1 Å². The van der Waals surface area contributed by atoms with Gasteiger partial charge in [-0.1, -0.05) is 0 Å². The molecule has 0 N–H and O–H groups in total. The average molecular weight is 243 g/mol. The third-order valence-electron chi connectivity index (χ3n) is 1.90. The lowest BCUT2D eigenvalue weighted by molar-refractivity contribution is -0.131. The fraction of sp³-hybridized carbons (Fsp3) is 0.273. The second-order valence-corrected chi connectivity index (χ2v) is 3.30. The molecule has 0 heterocycles. The maximum Gasteiger partial charge on any atom is 0.326 e. The number of carbonyl (C=O) groups excluding carboxylic acids is 2. The van der Waals surface area contributed by atoms with Crippen LogP contribution in [0.15, 0.2) is 18.2 Å². The van der Waals surface area contributed by atoms with Gasteiger partial charge in [0.2, 0.25) is 0 Å². The predicted octanol–water partition coefficient (Wildman–Crippen LogP) is 2.04. The highest BCUT2D eigenvalue weighted by molar-refractivity contribution is 6.26. The molecule has 86 valence electrons. The molecular formula is C11H11ClO4. The van der Waals surface area contributed by atoms with Gasteiger partial charge in [0.1, 0.15) is 5.88 Å². The van der Waals surface area contributed by atoms with Gasteiger partial charge in [-0.15, -0.1) is 11.6 Å². The Labute approximate surface area is 98.1 Å². The largest absolute Gasteiger partial charge is 0.493 e. The van der Waals surface area contributed by atoms with Crippen LogP contribution < -0.4 is 9.47 Å². The molecule has 0 aliphatic carbocycles. The van der Waals surface area contributed by atoms with Crippen LogP contribution in [0.4, 0.5) is 0 Å². The van der Waals surface area contributed by atoms with Gasteiger partial charge in [-0.3, -0.25) is 9.59 Å². The highest BCUT2D eigenvalue weighted by atomic mass is 35.5. The summed E-state index contributed by atoms with van der Waals surface area (Å²) in [6, 6.07) is 4.61. The maximum atomic E-state index is 11.1. The molecular weight excluding hydrogens is 232 g/mol. The number of esters is 1. The number of Topliss-reactive ketones (excluding diaryl/α,β-unsaturated/α-hetero) is 1. The summed E-state index contributed by atoms with van der Waals surface area (Å²) in [7, 11) is 1.45. The van der Waals surface area contributed by atoms with Crippen LogP contribution in [-0.4, -0.2) is 24.7 Å². The summed E-state index contributed by atoms with van der Waals surface area (Å²) in [4.78, 5) is 22.2. The third kappa shape index (κ3) is 2.97. The van der Waals surface area contributed by atoms with Crippen molar-refractivity contribution in [3.63, 3.8) is 0 Å². The first kappa shape index (κ1) is 12.5. The van der Waals surface area contributed by atoms with Crippen LogP contribution in [0.5, 0.6) is 11.5 Å². The molecule has 0 spiro atoms. The zero-order valence-corrected chi connectivity index (χ0v) is 9.71. The minimum absolute atomic E-state index is 0.120. The Kier molecular flexibility index (Phi) is 4.31. The van der Waals surface area contributed by atoms with Crippen LogP contribution in [0, 0.1) is 0 Å². The van der Waals surface area contributed by atoms with Crippen LogP contribution in [0.1, 0.15) is 17.3 Å². The first-order valence-electron chi connectivity index (χ1n) is 4.54. The van der Waals surface area contributed by atoms with Crippen molar-refractivity contribution in [1.82, 2.24) is 0 Å². The standard InChI is InChI=1S/C11H11ClO4/c1-7(13)8-3-4-9(15-2)10(5-8)16-11(14)6-12/h3-5H,6H2,1-2H3. The van der Waals surface area contributed by atoms with Gasteiger partial charge in [0, 0.05) is 5.56 Å². The molecule has 0 aliphatic rings. The van der Waals surface area contributed by atoms with Gasteiger partial charge in [0.15, 0.2) is 17.3 Å². The smallest absolute Gasteiger partial charge is 0.326 e. The normalized spacial score (nSPS) is 9.69. The van der Waals surface area contributed by atoms with E-state index in [1.807, 2.05) is 0 Å². The van der Waals surface area contributed by atoms with Crippen LogP contribution >= 0.6 is 11.6 Å². The number of carbonyl (C=O) groups is 2. The fourth-order valence-electron chi connectivity index (χ4n) is 1.13. The molecule has 0 unspecified atom stereocenters. The van der Waals surface area contributed by atoms with Crippen molar-refractivity contribution in [3.8, 4) is 11.5 Å². The van der Waals surface area contributed by atoms with Gasteiger partial charge in [-0.25, -0.2) is 0 Å². The van der Waals surface area contributed by atoms with E-state index >= 15 is 0 Å². The SMILES string of the molecule is COc1ccc(C(C)=O)cc1OC(=O)CCl. The van der Waals surface area contributed by atoms with E-state index in [0.29, 0.717) is 11.3 Å². The van der Waals surface area contributed by atoms with E-state index in [2.05, 4.69) is 0 Å². The zero-order chi connectivity index (χ0) is 12.1. The van der Waals surface area contributed by atoms with Crippen molar-refractivity contribution in [3.05, 3.63) is 23.8 Å². The maximum absolute atomic E-state index is 11.1. The van der Waals surface area contributed by atoms with Crippen LogP contribution in [0.3, 0.4) is 0 Å². The first-order chi connectivity index (χ1) is 7.58. The highest BCUT2D eigenvalue weighted by Gasteiger charge is 2.11. The number of alkyl halides is 1. The topological polar surface area (TPSA) is 52.6 Å². The Bertz CT molecular complexity index is 414. The molecule has 5 heteroatoms. The second-order valence-electron chi connectivity index (χ2n) is 3.03. The molecule has 0 aliphatic heterocycles.